The Labute approximate surface area is 135 Å². The van der Waals surface area contributed by atoms with Crippen LogP contribution in [-0.2, 0) is 0 Å². The zero-order valence-corrected chi connectivity index (χ0v) is 12.8. The van der Waals surface area contributed by atoms with E-state index in [9.17, 15) is 4.79 Å². The molecule has 0 heterocycles. The smallest absolute Gasteiger partial charge is 0.196 e. The van der Waals surface area contributed by atoms with Gasteiger partial charge in [0.15, 0.2) is 5.78 Å². The normalized spacial score (nSPS) is 10.2. The SMILES string of the molecule is N#Cc1c(Cl)c(Cl)c(Cl)c(C(=O)c2ccccc2)c1Cl. The third-order valence-corrected chi connectivity index (χ3v) is 4.34. The molecule has 0 aliphatic heterocycles. The van der Waals surface area contributed by atoms with Gasteiger partial charge in [0.1, 0.15) is 6.07 Å². The molecule has 0 atom stereocenters. The van der Waals surface area contributed by atoms with E-state index in [1.807, 2.05) is 6.07 Å². The number of ketones is 1. The summed E-state index contributed by atoms with van der Waals surface area (Å²) in [6.07, 6.45) is 0. The zero-order chi connectivity index (χ0) is 14.9. The predicted molar refractivity (Wildman–Crippen MR) is 81.1 cm³/mol. The van der Waals surface area contributed by atoms with Gasteiger partial charge in [-0.2, -0.15) is 5.26 Å². The summed E-state index contributed by atoms with van der Waals surface area (Å²) in [4.78, 5) is 12.4. The fourth-order valence-electron chi connectivity index (χ4n) is 1.66. The summed E-state index contributed by atoms with van der Waals surface area (Å²) in [5.74, 6) is -0.421. The van der Waals surface area contributed by atoms with Gasteiger partial charge in [-0.05, 0) is 0 Å². The van der Waals surface area contributed by atoms with E-state index in [4.69, 9.17) is 51.7 Å². The molecule has 0 saturated heterocycles. The van der Waals surface area contributed by atoms with Crippen LogP contribution in [0.15, 0.2) is 30.3 Å². The van der Waals surface area contributed by atoms with Gasteiger partial charge in [0.25, 0.3) is 0 Å². The van der Waals surface area contributed by atoms with E-state index in [1.54, 1.807) is 30.3 Å². The lowest BCUT2D eigenvalue weighted by Gasteiger charge is -2.11. The summed E-state index contributed by atoms with van der Waals surface area (Å²) in [5.41, 5.74) is 0.297. The lowest BCUT2D eigenvalue weighted by atomic mass is 10.0. The molecule has 20 heavy (non-hydrogen) atoms. The summed E-state index contributed by atoms with van der Waals surface area (Å²) in [6, 6.07) is 10.2. The molecule has 0 aliphatic rings. The second kappa shape index (κ2) is 6.03. The second-order valence-corrected chi connectivity index (χ2v) is 5.32. The molecule has 0 fully saturated rings. The Kier molecular flexibility index (Phi) is 4.57. The van der Waals surface area contributed by atoms with Gasteiger partial charge in [-0.1, -0.05) is 76.7 Å². The van der Waals surface area contributed by atoms with E-state index in [2.05, 4.69) is 0 Å². The molecule has 0 bridgehead atoms. The van der Waals surface area contributed by atoms with Gasteiger partial charge in [0, 0.05) is 5.56 Å². The van der Waals surface area contributed by atoms with Crippen LogP contribution in [0.4, 0.5) is 0 Å². The first-order chi connectivity index (χ1) is 9.49. The Morgan fingerprint density at radius 2 is 1.50 bits per heavy atom. The van der Waals surface area contributed by atoms with Crippen LogP contribution in [0.5, 0.6) is 0 Å². The number of halogens is 4. The molecule has 2 aromatic carbocycles. The van der Waals surface area contributed by atoms with Crippen molar-refractivity contribution in [1.82, 2.24) is 0 Å². The van der Waals surface area contributed by atoms with E-state index >= 15 is 0 Å². The number of nitriles is 1. The van der Waals surface area contributed by atoms with Gasteiger partial charge in [-0.15, -0.1) is 0 Å². The lowest BCUT2D eigenvalue weighted by molar-refractivity contribution is 0.103. The van der Waals surface area contributed by atoms with Crippen molar-refractivity contribution in [2.75, 3.05) is 0 Å². The third-order valence-electron chi connectivity index (χ3n) is 2.64. The molecular weight excluding hydrogens is 340 g/mol. The van der Waals surface area contributed by atoms with Gasteiger partial charge in [-0.3, -0.25) is 4.79 Å². The summed E-state index contributed by atoms with van der Waals surface area (Å²) < 4.78 is 0. The topological polar surface area (TPSA) is 40.9 Å². The van der Waals surface area contributed by atoms with Crippen molar-refractivity contribution in [2.45, 2.75) is 0 Å². The summed E-state index contributed by atoms with van der Waals surface area (Å²) >= 11 is 23.9. The third kappa shape index (κ3) is 2.51. The van der Waals surface area contributed by atoms with Gasteiger partial charge in [0.05, 0.1) is 31.2 Å². The predicted octanol–water partition coefficient (Wildman–Crippen LogP) is 5.40. The van der Waals surface area contributed by atoms with Crippen molar-refractivity contribution < 1.29 is 4.79 Å². The molecule has 0 aromatic heterocycles. The average Bonchev–Trinajstić information content (AvgIpc) is 2.46. The fourth-order valence-corrected chi connectivity index (χ4v) is 2.82. The second-order valence-electron chi connectivity index (χ2n) is 3.81. The highest BCUT2D eigenvalue weighted by atomic mass is 35.5. The molecule has 0 radical (unpaired) electrons. The number of hydrogen-bond acceptors (Lipinski definition) is 2. The molecule has 2 nitrogen and oxygen atoms in total. The van der Waals surface area contributed by atoms with Crippen molar-refractivity contribution in [3.8, 4) is 6.07 Å². The van der Waals surface area contributed by atoms with E-state index in [0.717, 1.165) is 0 Å². The molecule has 100 valence electrons. The van der Waals surface area contributed by atoms with Crippen molar-refractivity contribution in [2.24, 2.45) is 0 Å². The quantitative estimate of drug-likeness (QED) is 0.415. The fraction of sp³-hybridized carbons (Fsp3) is 0. The summed E-state index contributed by atoms with van der Waals surface area (Å²) in [7, 11) is 0. The van der Waals surface area contributed by atoms with Crippen LogP contribution in [0.2, 0.25) is 20.1 Å². The molecule has 0 unspecified atom stereocenters. The molecule has 0 N–H and O–H groups in total. The molecular formula is C14H5Cl4NO. The molecule has 6 heteroatoms. The summed E-state index contributed by atoms with van der Waals surface area (Å²) in [6.45, 7) is 0. The Morgan fingerprint density at radius 3 is 2.05 bits per heavy atom. The van der Waals surface area contributed by atoms with Crippen LogP contribution in [0.3, 0.4) is 0 Å². The average molecular weight is 345 g/mol. The van der Waals surface area contributed by atoms with Gasteiger partial charge in [-0.25, -0.2) is 0 Å². The first kappa shape index (κ1) is 15.2. The highest BCUT2D eigenvalue weighted by Gasteiger charge is 2.25. The number of benzene rings is 2. The van der Waals surface area contributed by atoms with Crippen LogP contribution >= 0.6 is 46.4 Å². The number of carbonyl (C=O) groups is 1. The van der Waals surface area contributed by atoms with Crippen LogP contribution in [0.1, 0.15) is 21.5 Å². The highest BCUT2D eigenvalue weighted by molar-refractivity contribution is 6.52. The number of carbonyl (C=O) groups excluding carboxylic acids is 1. The Hall–Kier alpha value is -1.24. The Bertz CT molecular complexity index is 735. The van der Waals surface area contributed by atoms with E-state index in [-0.39, 0.29) is 31.2 Å². The molecule has 2 aromatic rings. The van der Waals surface area contributed by atoms with E-state index in [0.29, 0.717) is 5.56 Å². The Balaban J connectivity index is 2.73. The summed E-state index contributed by atoms with van der Waals surface area (Å²) in [5, 5.41) is 8.78. The first-order valence-electron chi connectivity index (χ1n) is 5.34. The van der Waals surface area contributed by atoms with Crippen molar-refractivity contribution in [1.29, 1.82) is 5.26 Å². The molecule has 2 rings (SSSR count). The molecule has 0 spiro atoms. The minimum Gasteiger partial charge on any atom is -0.288 e. The highest BCUT2D eigenvalue weighted by Crippen LogP contribution is 2.41. The van der Waals surface area contributed by atoms with Crippen molar-refractivity contribution in [3.63, 3.8) is 0 Å². The largest absolute Gasteiger partial charge is 0.288 e. The zero-order valence-electron chi connectivity index (χ0n) is 9.75. The van der Waals surface area contributed by atoms with Crippen LogP contribution in [0.25, 0.3) is 0 Å². The maximum atomic E-state index is 12.4. The first-order valence-corrected chi connectivity index (χ1v) is 6.86. The number of hydrogen-bond donors (Lipinski definition) is 0. The maximum Gasteiger partial charge on any atom is 0.196 e. The van der Waals surface area contributed by atoms with Crippen molar-refractivity contribution >= 4 is 52.2 Å². The van der Waals surface area contributed by atoms with Crippen LogP contribution in [-0.4, -0.2) is 5.78 Å². The van der Waals surface area contributed by atoms with E-state index in [1.165, 1.54) is 0 Å². The Morgan fingerprint density at radius 1 is 0.900 bits per heavy atom. The van der Waals surface area contributed by atoms with Crippen molar-refractivity contribution in [3.05, 3.63) is 67.1 Å². The number of rotatable bonds is 2. The van der Waals surface area contributed by atoms with E-state index < -0.39 is 5.78 Å². The molecule has 0 saturated carbocycles. The standard InChI is InChI=1S/C14H5Cl4NO/c15-10-8(6-19)11(16)13(18)12(17)9(10)14(20)7-4-2-1-3-5-7/h1-5H. The maximum absolute atomic E-state index is 12.4. The van der Waals surface area contributed by atoms with Crippen LogP contribution < -0.4 is 0 Å². The van der Waals surface area contributed by atoms with Gasteiger partial charge in [0.2, 0.25) is 0 Å². The van der Waals surface area contributed by atoms with Gasteiger partial charge >= 0.3 is 0 Å². The van der Waals surface area contributed by atoms with Gasteiger partial charge < -0.3 is 0 Å². The monoisotopic (exact) mass is 343 g/mol. The molecule has 0 amide bonds. The number of nitrogens with zero attached hydrogens (tertiary/aromatic N) is 1. The van der Waals surface area contributed by atoms with Crippen LogP contribution in [0, 0.1) is 11.3 Å². The molecule has 0 aliphatic carbocycles. The minimum absolute atomic E-state index is 0.0227. The minimum atomic E-state index is -0.421. The lowest BCUT2D eigenvalue weighted by Crippen LogP contribution is -2.05.